The number of rotatable bonds is 5. The van der Waals surface area contributed by atoms with Crippen molar-refractivity contribution in [3.8, 4) is 5.88 Å². The molecule has 0 bridgehead atoms. The minimum atomic E-state index is -0.210. The zero-order chi connectivity index (χ0) is 19.0. The Bertz CT molecular complexity index is 829. The quantitative estimate of drug-likeness (QED) is 0.852. The second-order valence-corrected chi connectivity index (χ2v) is 8.91. The van der Waals surface area contributed by atoms with Crippen LogP contribution in [0.15, 0.2) is 6.33 Å². The maximum absolute atomic E-state index is 11.7. The molecule has 7 heteroatoms. The number of nitrogens with two attached hydrogens (primary N) is 1. The van der Waals surface area contributed by atoms with Gasteiger partial charge in [0, 0.05) is 16.8 Å². The fourth-order valence-corrected chi connectivity index (χ4v) is 5.61. The Morgan fingerprint density at radius 2 is 2.07 bits per heavy atom. The van der Waals surface area contributed by atoms with E-state index in [0.29, 0.717) is 18.3 Å². The summed E-state index contributed by atoms with van der Waals surface area (Å²) in [6.45, 7) is 3.30. The van der Waals surface area contributed by atoms with Gasteiger partial charge in [-0.3, -0.25) is 4.79 Å². The highest BCUT2D eigenvalue weighted by Crippen LogP contribution is 2.41. The number of aryl methyl sites for hydroxylation is 1. The molecule has 0 radical (unpaired) electrons. The molecule has 2 heterocycles. The molecule has 0 unspecified atom stereocenters. The highest BCUT2D eigenvalue weighted by Gasteiger charge is 2.30. The van der Waals surface area contributed by atoms with Gasteiger partial charge in [0.2, 0.25) is 11.8 Å². The molecule has 1 fully saturated rings. The van der Waals surface area contributed by atoms with Crippen molar-refractivity contribution in [3.63, 3.8) is 0 Å². The third-order valence-electron chi connectivity index (χ3n) is 6.25. The number of fused-ring (bicyclic) bond motifs is 3. The number of hydrogen-bond donors (Lipinski definition) is 1. The standard InChI is InChI=1S/C20H28N4O2S/c1-3-24(2)13-5-7-14(8-6-13)26-19-17-15-10-12(18(21)25)4-9-16(15)27-20(17)23-11-22-19/h11-14H,3-10H2,1-2H3,(H2,21,25)/t12-,13-,14-/m1/s1. The molecule has 0 saturated heterocycles. The first-order valence-corrected chi connectivity index (χ1v) is 10.8. The van der Waals surface area contributed by atoms with Crippen molar-refractivity contribution < 1.29 is 9.53 Å². The lowest BCUT2D eigenvalue weighted by Gasteiger charge is -2.34. The third-order valence-corrected chi connectivity index (χ3v) is 7.45. The number of hydrogen-bond acceptors (Lipinski definition) is 6. The van der Waals surface area contributed by atoms with Gasteiger partial charge in [-0.2, -0.15) is 0 Å². The fourth-order valence-electron chi connectivity index (χ4n) is 4.43. The van der Waals surface area contributed by atoms with Gasteiger partial charge in [-0.25, -0.2) is 9.97 Å². The van der Waals surface area contributed by atoms with Crippen LogP contribution in [0.4, 0.5) is 0 Å². The molecular weight excluding hydrogens is 360 g/mol. The second-order valence-electron chi connectivity index (χ2n) is 7.83. The van der Waals surface area contributed by atoms with E-state index in [1.807, 2.05) is 0 Å². The molecular formula is C20H28N4O2S. The number of ether oxygens (including phenoxy) is 1. The maximum atomic E-state index is 11.7. The normalized spacial score (nSPS) is 25.5. The summed E-state index contributed by atoms with van der Waals surface area (Å²) < 4.78 is 6.37. The van der Waals surface area contributed by atoms with Crippen molar-refractivity contribution in [2.75, 3.05) is 13.6 Å². The lowest BCUT2D eigenvalue weighted by Crippen LogP contribution is -2.37. The maximum Gasteiger partial charge on any atom is 0.225 e. The third kappa shape index (κ3) is 3.67. The molecule has 27 heavy (non-hydrogen) atoms. The predicted molar refractivity (Wildman–Crippen MR) is 107 cm³/mol. The summed E-state index contributed by atoms with van der Waals surface area (Å²) in [6, 6.07) is 0.658. The first-order chi connectivity index (χ1) is 13.1. The first-order valence-electron chi connectivity index (χ1n) is 9.98. The van der Waals surface area contributed by atoms with Gasteiger partial charge >= 0.3 is 0 Å². The van der Waals surface area contributed by atoms with Crippen LogP contribution >= 0.6 is 11.3 Å². The number of nitrogens with zero attached hydrogens (tertiary/aromatic N) is 3. The smallest absolute Gasteiger partial charge is 0.225 e. The van der Waals surface area contributed by atoms with Crippen molar-refractivity contribution in [3.05, 3.63) is 16.8 Å². The Hall–Kier alpha value is -1.73. The van der Waals surface area contributed by atoms with Crippen LogP contribution in [0.3, 0.4) is 0 Å². The van der Waals surface area contributed by atoms with Gasteiger partial charge < -0.3 is 15.4 Å². The Labute approximate surface area is 164 Å². The van der Waals surface area contributed by atoms with E-state index >= 15 is 0 Å². The van der Waals surface area contributed by atoms with Gasteiger partial charge in [0.05, 0.1) is 5.39 Å². The summed E-state index contributed by atoms with van der Waals surface area (Å²) in [4.78, 5) is 25.3. The lowest BCUT2D eigenvalue weighted by atomic mass is 9.87. The first kappa shape index (κ1) is 18.6. The molecule has 146 valence electrons. The number of thiophene rings is 1. The van der Waals surface area contributed by atoms with Crippen LogP contribution in [0.25, 0.3) is 10.2 Å². The molecule has 0 aromatic carbocycles. The van der Waals surface area contributed by atoms with Gasteiger partial charge in [-0.15, -0.1) is 11.3 Å². The van der Waals surface area contributed by atoms with Crippen molar-refractivity contribution >= 4 is 27.5 Å². The van der Waals surface area contributed by atoms with E-state index < -0.39 is 0 Å². The van der Waals surface area contributed by atoms with E-state index in [9.17, 15) is 4.79 Å². The summed E-state index contributed by atoms with van der Waals surface area (Å²) in [5, 5.41) is 1.01. The summed E-state index contributed by atoms with van der Waals surface area (Å²) in [5.74, 6) is 0.385. The summed E-state index contributed by atoms with van der Waals surface area (Å²) >= 11 is 1.71. The zero-order valence-corrected chi connectivity index (χ0v) is 16.9. The van der Waals surface area contributed by atoms with Gasteiger partial charge in [0.1, 0.15) is 17.3 Å². The molecule has 0 aliphatic heterocycles. The molecule has 2 aromatic rings. The van der Waals surface area contributed by atoms with Crippen LogP contribution in [0.2, 0.25) is 0 Å². The van der Waals surface area contributed by atoms with Crippen LogP contribution in [0, 0.1) is 5.92 Å². The summed E-state index contributed by atoms with van der Waals surface area (Å²) in [6.07, 6.45) is 8.63. The highest BCUT2D eigenvalue weighted by atomic mass is 32.1. The van der Waals surface area contributed by atoms with Gasteiger partial charge in [-0.1, -0.05) is 6.92 Å². The molecule has 2 aliphatic carbocycles. The van der Waals surface area contributed by atoms with Crippen LogP contribution in [0.1, 0.15) is 49.5 Å². The average molecular weight is 389 g/mol. The van der Waals surface area contributed by atoms with Gasteiger partial charge in [0.25, 0.3) is 0 Å². The highest BCUT2D eigenvalue weighted by molar-refractivity contribution is 7.18. The number of carbonyl (C=O) groups is 1. The Balaban J connectivity index is 1.55. The minimum absolute atomic E-state index is 0.0941. The molecule has 6 nitrogen and oxygen atoms in total. The summed E-state index contributed by atoms with van der Waals surface area (Å²) in [5.41, 5.74) is 6.75. The summed E-state index contributed by atoms with van der Waals surface area (Å²) in [7, 11) is 2.20. The van der Waals surface area contributed by atoms with E-state index in [4.69, 9.17) is 10.5 Å². The molecule has 1 saturated carbocycles. The number of primary amides is 1. The van der Waals surface area contributed by atoms with Crippen molar-refractivity contribution in [2.24, 2.45) is 11.7 Å². The molecule has 4 rings (SSSR count). The molecule has 1 atom stereocenters. The molecule has 1 amide bonds. The second kappa shape index (κ2) is 7.72. The Kier molecular flexibility index (Phi) is 5.32. The Morgan fingerprint density at radius 3 is 2.78 bits per heavy atom. The zero-order valence-electron chi connectivity index (χ0n) is 16.1. The molecule has 2 aromatic heterocycles. The largest absolute Gasteiger partial charge is 0.474 e. The van der Waals surface area contributed by atoms with Crippen molar-refractivity contribution in [1.29, 1.82) is 0 Å². The lowest BCUT2D eigenvalue weighted by molar-refractivity contribution is -0.122. The topological polar surface area (TPSA) is 81.3 Å². The monoisotopic (exact) mass is 388 g/mol. The number of aromatic nitrogens is 2. The van der Waals surface area contributed by atoms with Gasteiger partial charge in [-0.05, 0) is 64.1 Å². The number of carbonyl (C=O) groups excluding carboxylic acids is 1. The fraction of sp³-hybridized carbons (Fsp3) is 0.650. The van der Waals surface area contributed by atoms with E-state index in [-0.39, 0.29) is 17.9 Å². The average Bonchev–Trinajstić information content (AvgIpc) is 3.06. The van der Waals surface area contributed by atoms with Crippen LogP contribution in [0.5, 0.6) is 5.88 Å². The Morgan fingerprint density at radius 1 is 1.30 bits per heavy atom. The number of amides is 1. The van der Waals surface area contributed by atoms with Crippen LogP contribution in [-0.2, 0) is 17.6 Å². The van der Waals surface area contributed by atoms with E-state index in [1.54, 1.807) is 17.7 Å². The van der Waals surface area contributed by atoms with Crippen LogP contribution < -0.4 is 10.5 Å². The van der Waals surface area contributed by atoms with Gasteiger partial charge in [0.15, 0.2) is 0 Å². The predicted octanol–water partition coefficient (Wildman–Crippen LogP) is 2.92. The van der Waals surface area contributed by atoms with E-state index in [0.717, 1.165) is 55.3 Å². The van der Waals surface area contributed by atoms with E-state index in [1.165, 1.54) is 10.4 Å². The molecule has 2 aliphatic rings. The van der Waals surface area contributed by atoms with Crippen molar-refractivity contribution in [1.82, 2.24) is 14.9 Å². The van der Waals surface area contributed by atoms with E-state index in [2.05, 4.69) is 28.8 Å². The molecule has 0 spiro atoms. The van der Waals surface area contributed by atoms with Crippen LogP contribution in [-0.4, -0.2) is 46.5 Å². The van der Waals surface area contributed by atoms with Crippen molar-refractivity contribution in [2.45, 2.75) is 64.0 Å². The molecule has 2 N–H and O–H groups in total. The minimum Gasteiger partial charge on any atom is -0.474 e. The SMILES string of the molecule is CCN(C)[C@H]1CC[C@H](Oc2ncnc3sc4c(c23)C[C@H](C(N)=O)CC4)CC1.